The molecule has 0 saturated carbocycles. The highest BCUT2D eigenvalue weighted by atomic mass is 16.5. The summed E-state index contributed by atoms with van der Waals surface area (Å²) in [6, 6.07) is 9.27. The fourth-order valence-electron chi connectivity index (χ4n) is 2.00. The number of methoxy groups -OCH3 is 1. The predicted molar refractivity (Wildman–Crippen MR) is 61.9 cm³/mol. The van der Waals surface area contributed by atoms with Gasteiger partial charge in [0.2, 0.25) is 0 Å². The molecule has 16 heavy (non-hydrogen) atoms. The van der Waals surface area contributed by atoms with E-state index in [2.05, 4.69) is 0 Å². The Morgan fingerprint density at radius 1 is 1.25 bits per heavy atom. The average Bonchev–Trinajstić information content (AvgIpc) is 2.76. The quantitative estimate of drug-likeness (QED) is 0.675. The van der Waals surface area contributed by atoms with Gasteiger partial charge in [0.15, 0.2) is 0 Å². The van der Waals surface area contributed by atoms with Gasteiger partial charge in [-0.25, -0.2) is 0 Å². The molecule has 0 radical (unpaired) electrons. The fourth-order valence-corrected chi connectivity index (χ4v) is 2.00. The third kappa shape index (κ3) is 1.08. The minimum absolute atomic E-state index is 0.207. The van der Waals surface area contributed by atoms with E-state index in [0.29, 0.717) is 16.7 Å². The average molecular weight is 214 g/mol. The van der Waals surface area contributed by atoms with Crippen molar-refractivity contribution in [2.24, 2.45) is 0 Å². The second kappa shape index (κ2) is 3.17. The Morgan fingerprint density at radius 3 is 2.94 bits per heavy atom. The van der Waals surface area contributed by atoms with Crippen LogP contribution in [-0.4, -0.2) is 12.2 Å². The summed E-state index contributed by atoms with van der Waals surface area (Å²) in [6.07, 6.45) is 1.57. The van der Waals surface area contributed by atoms with E-state index in [1.165, 1.54) is 0 Å². The molecule has 1 aromatic heterocycles. The molecule has 3 aromatic rings. The van der Waals surface area contributed by atoms with Crippen LogP contribution in [0.5, 0.6) is 11.5 Å². The maximum absolute atomic E-state index is 10.2. The normalized spacial score (nSPS) is 11.1. The summed E-state index contributed by atoms with van der Waals surface area (Å²) in [7, 11) is 1.59. The van der Waals surface area contributed by atoms with Crippen molar-refractivity contribution in [1.82, 2.24) is 0 Å². The number of rotatable bonds is 1. The van der Waals surface area contributed by atoms with Crippen molar-refractivity contribution < 1.29 is 14.3 Å². The van der Waals surface area contributed by atoms with Gasteiger partial charge < -0.3 is 14.3 Å². The highest BCUT2D eigenvalue weighted by molar-refractivity contribution is 6.05. The van der Waals surface area contributed by atoms with Crippen LogP contribution < -0.4 is 4.74 Å². The molecule has 0 fully saturated rings. The molecule has 0 saturated heterocycles. The Kier molecular flexibility index (Phi) is 1.80. The van der Waals surface area contributed by atoms with Crippen LogP contribution in [-0.2, 0) is 0 Å². The van der Waals surface area contributed by atoms with Crippen LogP contribution in [0, 0.1) is 0 Å². The third-order valence-electron chi connectivity index (χ3n) is 2.75. The lowest BCUT2D eigenvalue weighted by Gasteiger charge is -2.07. The molecule has 1 N–H and O–H groups in total. The van der Waals surface area contributed by atoms with Crippen LogP contribution in [0.15, 0.2) is 41.0 Å². The fraction of sp³-hybridized carbons (Fsp3) is 0.0769. The molecule has 0 aliphatic heterocycles. The lowest BCUT2D eigenvalue weighted by atomic mass is 10.1. The number of hydrogen-bond donors (Lipinski definition) is 1. The summed E-state index contributed by atoms with van der Waals surface area (Å²) in [4.78, 5) is 0. The van der Waals surface area contributed by atoms with Gasteiger partial charge in [-0.2, -0.15) is 0 Å². The molecule has 0 amide bonds. The van der Waals surface area contributed by atoms with Crippen molar-refractivity contribution in [3.8, 4) is 11.5 Å². The van der Waals surface area contributed by atoms with Gasteiger partial charge >= 0.3 is 0 Å². The van der Waals surface area contributed by atoms with E-state index in [-0.39, 0.29) is 5.75 Å². The number of hydrogen-bond acceptors (Lipinski definition) is 3. The molecular weight excluding hydrogens is 204 g/mol. The Labute approximate surface area is 91.9 Å². The molecule has 80 valence electrons. The first-order valence-electron chi connectivity index (χ1n) is 4.97. The zero-order chi connectivity index (χ0) is 11.1. The van der Waals surface area contributed by atoms with E-state index in [4.69, 9.17) is 9.15 Å². The Balaban J connectivity index is 2.56. The van der Waals surface area contributed by atoms with Crippen molar-refractivity contribution in [1.29, 1.82) is 0 Å². The highest BCUT2D eigenvalue weighted by Crippen LogP contribution is 2.39. The molecular formula is C13H10O3. The number of benzene rings is 2. The number of furan rings is 1. The van der Waals surface area contributed by atoms with Gasteiger partial charge in [0.05, 0.1) is 24.1 Å². The van der Waals surface area contributed by atoms with Crippen LogP contribution in [0.2, 0.25) is 0 Å². The zero-order valence-electron chi connectivity index (χ0n) is 8.73. The Bertz CT molecular complexity index is 667. The standard InChI is InChI=1S/C13H10O3/c1-15-10-4-2-3-8-7-11-9(5-6-16-11)13(14)12(8)10/h2-7,14H,1H3. The SMILES string of the molecule is COc1cccc2cc3occc3c(O)c12. The first-order valence-corrected chi connectivity index (χ1v) is 4.97. The van der Waals surface area contributed by atoms with Gasteiger partial charge in [0, 0.05) is 0 Å². The number of fused-ring (bicyclic) bond motifs is 2. The number of aromatic hydroxyl groups is 1. The van der Waals surface area contributed by atoms with Crippen molar-refractivity contribution in [3.63, 3.8) is 0 Å². The summed E-state index contributed by atoms with van der Waals surface area (Å²) in [5.41, 5.74) is 0.679. The molecule has 0 spiro atoms. The van der Waals surface area contributed by atoms with Crippen LogP contribution >= 0.6 is 0 Å². The summed E-state index contributed by atoms with van der Waals surface area (Å²) in [5.74, 6) is 0.872. The van der Waals surface area contributed by atoms with Gasteiger partial charge in [-0.15, -0.1) is 0 Å². The van der Waals surface area contributed by atoms with Gasteiger partial charge in [-0.05, 0) is 23.6 Å². The van der Waals surface area contributed by atoms with E-state index in [0.717, 1.165) is 10.8 Å². The van der Waals surface area contributed by atoms with Gasteiger partial charge in [0.25, 0.3) is 0 Å². The van der Waals surface area contributed by atoms with Crippen molar-refractivity contribution in [2.45, 2.75) is 0 Å². The minimum Gasteiger partial charge on any atom is -0.506 e. The molecule has 3 heteroatoms. The molecule has 2 aromatic carbocycles. The lowest BCUT2D eigenvalue weighted by Crippen LogP contribution is -1.85. The molecule has 3 nitrogen and oxygen atoms in total. The van der Waals surface area contributed by atoms with Gasteiger partial charge in [-0.1, -0.05) is 12.1 Å². The van der Waals surface area contributed by atoms with Crippen LogP contribution in [0.25, 0.3) is 21.7 Å². The molecule has 1 heterocycles. The Morgan fingerprint density at radius 2 is 2.12 bits per heavy atom. The van der Waals surface area contributed by atoms with Crippen LogP contribution in [0.4, 0.5) is 0 Å². The molecule has 0 aliphatic rings. The second-order valence-corrected chi connectivity index (χ2v) is 3.62. The number of phenols is 1. The summed E-state index contributed by atoms with van der Waals surface area (Å²) in [6.45, 7) is 0. The van der Waals surface area contributed by atoms with Crippen LogP contribution in [0.3, 0.4) is 0 Å². The van der Waals surface area contributed by atoms with E-state index in [9.17, 15) is 5.11 Å². The number of phenolic OH excluding ortho intramolecular Hbond substituents is 1. The number of ether oxygens (including phenoxy) is 1. The maximum Gasteiger partial charge on any atom is 0.138 e. The van der Waals surface area contributed by atoms with Crippen LogP contribution in [0.1, 0.15) is 0 Å². The highest BCUT2D eigenvalue weighted by Gasteiger charge is 2.12. The minimum atomic E-state index is 0.207. The first-order chi connectivity index (χ1) is 7.81. The van der Waals surface area contributed by atoms with E-state index in [1.54, 1.807) is 19.4 Å². The van der Waals surface area contributed by atoms with Crippen molar-refractivity contribution in [2.75, 3.05) is 7.11 Å². The van der Waals surface area contributed by atoms with E-state index >= 15 is 0 Å². The molecule has 0 bridgehead atoms. The molecule has 0 atom stereocenters. The maximum atomic E-state index is 10.2. The third-order valence-corrected chi connectivity index (χ3v) is 2.75. The zero-order valence-corrected chi connectivity index (χ0v) is 8.73. The Hall–Kier alpha value is -2.16. The first kappa shape index (κ1) is 9.09. The van der Waals surface area contributed by atoms with Gasteiger partial charge in [-0.3, -0.25) is 0 Å². The van der Waals surface area contributed by atoms with E-state index < -0.39 is 0 Å². The topological polar surface area (TPSA) is 42.6 Å². The van der Waals surface area contributed by atoms with E-state index in [1.807, 2.05) is 24.3 Å². The monoisotopic (exact) mass is 214 g/mol. The summed E-state index contributed by atoms with van der Waals surface area (Å²) < 4.78 is 10.5. The molecule has 0 unspecified atom stereocenters. The molecule has 3 rings (SSSR count). The largest absolute Gasteiger partial charge is 0.506 e. The molecule has 0 aliphatic carbocycles. The van der Waals surface area contributed by atoms with Gasteiger partial charge in [0.1, 0.15) is 17.1 Å². The summed E-state index contributed by atoms with van der Waals surface area (Å²) >= 11 is 0. The second-order valence-electron chi connectivity index (χ2n) is 3.62. The summed E-state index contributed by atoms with van der Waals surface area (Å²) in [5, 5.41) is 12.5. The van der Waals surface area contributed by atoms with Crippen molar-refractivity contribution >= 4 is 21.7 Å². The smallest absolute Gasteiger partial charge is 0.138 e. The lowest BCUT2D eigenvalue weighted by molar-refractivity contribution is 0.416. The van der Waals surface area contributed by atoms with Crippen molar-refractivity contribution in [3.05, 3.63) is 36.6 Å². The predicted octanol–water partition coefficient (Wildman–Crippen LogP) is 3.30.